The second-order valence-electron chi connectivity index (χ2n) is 4.40. The standard InChI is InChI=1S/C12H23N/c1-4-10(2)8-13-9-12-7-5-6-11(12)3/h11-13H,2,4-9H2,1,3H3. The summed E-state index contributed by atoms with van der Waals surface area (Å²) >= 11 is 0. The SMILES string of the molecule is C=C(CC)CNCC1CCCC1C. The first-order valence-corrected chi connectivity index (χ1v) is 5.61. The lowest BCUT2D eigenvalue weighted by Crippen LogP contribution is -2.25. The Labute approximate surface area is 82.6 Å². The Morgan fingerprint density at radius 3 is 2.77 bits per heavy atom. The largest absolute Gasteiger partial charge is 0.313 e. The minimum atomic E-state index is 0.921. The maximum Gasteiger partial charge on any atom is 0.0161 e. The minimum Gasteiger partial charge on any atom is -0.313 e. The molecule has 0 heterocycles. The molecule has 13 heavy (non-hydrogen) atoms. The van der Waals surface area contributed by atoms with E-state index in [9.17, 15) is 0 Å². The zero-order valence-electron chi connectivity index (χ0n) is 9.10. The fraction of sp³-hybridized carbons (Fsp3) is 0.833. The Morgan fingerprint density at radius 2 is 2.23 bits per heavy atom. The minimum absolute atomic E-state index is 0.921. The number of hydrogen-bond acceptors (Lipinski definition) is 1. The van der Waals surface area contributed by atoms with E-state index < -0.39 is 0 Å². The molecule has 1 N–H and O–H groups in total. The van der Waals surface area contributed by atoms with Crippen LogP contribution in [0, 0.1) is 11.8 Å². The van der Waals surface area contributed by atoms with Gasteiger partial charge in [0.2, 0.25) is 0 Å². The molecule has 1 aliphatic carbocycles. The lowest BCUT2D eigenvalue weighted by Gasteiger charge is -2.16. The molecule has 0 bridgehead atoms. The van der Waals surface area contributed by atoms with Gasteiger partial charge >= 0.3 is 0 Å². The predicted octanol–water partition coefficient (Wildman–Crippen LogP) is 2.98. The molecule has 1 nitrogen and oxygen atoms in total. The van der Waals surface area contributed by atoms with Crippen LogP contribution in [0.1, 0.15) is 39.5 Å². The maximum atomic E-state index is 3.99. The molecule has 1 fully saturated rings. The van der Waals surface area contributed by atoms with Gasteiger partial charge in [-0.3, -0.25) is 0 Å². The van der Waals surface area contributed by atoms with Crippen molar-refractivity contribution in [3.05, 3.63) is 12.2 Å². The summed E-state index contributed by atoms with van der Waals surface area (Å²) in [5, 5.41) is 3.51. The van der Waals surface area contributed by atoms with Crippen LogP contribution < -0.4 is 5.32 Å². The molecule has 0 aromatic carbocycles. The van der Waals surface area contributed by atoms with Crippen LogP contribution in [0.4, 0.5) is 0 Å². The average Bonchev–Trinajstić information content (AvgIpc) is 2.52. The average molecular weight is 181 g/mol. The van der Waals surface area contributed by atoms with Gasteiger partial charge < -0.3 is 5.32 Å². The van der Waals surface area contributed by atoms with Crippen LogP contribution in [-0.4, -0.2) is 13.1 Å². The van der Waals surface area contributed by atoms with Gasteiger partial charge in [-0.05, 0) is 31.2 Å². The summed E-state index contributed by atoms with van der Waals surface area (Å²) in [7, 11) is 0. The Kier molecular flexibility index (Phi) is 4.51. The van der Waals surface area contributed by atoms with Gasteiger partial charge in [-0.2, -0.15) is 0 Å². The summed E-state index contributed by atoms with van der Waals surface area (Å²) in [5.41, 5.74) is 1.32. The number of rotatable bonds is 5. The highest BCUT2D eigenvalue weighted by atomic mass is 14.9. The smallest absolute Gasteiger partial charge is 0.0161 e. The normalized spacial score (nSPS) is 27.8. The second kappa shape index (κ2) is 5.43. The molecule has 76 valence electrons. The topological polar surface area (TPSA) is 12.0 Å². The third-order valence-corrected chi connectivity index (χ3v) is 3.32. The Hall–Kier alpha value is -0.300. The Bertz CT molecular complexity index is 163. The van der Waals surface area contributed by atoms with Crippen molar-refractivity contribution >= 4 is 0 Å². The lowest BCUT2D eigenvalue weighted by atomic mass is 9.98. The van der Waals surface area contributed by atoms with E-state index in [2.05, 4.69) is 25.7 Å². The van der Waals surface area contributed by atoms with Crippen molar-refractivity contribution in [2.45, 2.75) is 39.5 Å². The van der Waals surface area contributed by atoms with Crippen molar-refractivity contribution in [2.75, 3.05) is 13.1 Å². The monoisotopic (exact) mass is 181 g/mol. The van der Waals surface area contributed by atoms with Crippen molar-refractivity contribution in [1.82, 2.24) is 5.32 Å². The van der Waals surface area contributed by atoms with Gasteiger partial charge in [0.1, 0.15) is 0 Å². The molecule has 0 spiro atoms. The van der Waals surface area contributed by atoms with Crippen molar-refractivity contribution in [1.29, 1.82) is 0 Å². The highest BCUT2D eigenvalue weighted by molar-refractivity contribution is 4.95. The van der Waals surface area contributed by atoms with Crippen LogP contribution in [0.5, 0.6) is 0 Å². The molecule has 1 saturated carbocycles. The predicted molar refractivity (Wildman–Crippen MR) is 58.8 cm³/mol. The van der Waals surface area contributed by atoms with Crippen LogP contribution >= 0.6 is 0 Å². The van der Waals surface area contributed by atoms with E-state index in [-0.39, 0.29) is 0 Å². The molecule has 2 unspecified atom stereocenters. The quantitative estimate of drug-likeness (QED) is 0.643. The summed E-state index contributed by atoms with van der Waals surface area (Å²) in [4.78, 5) is 0. The van der Waals surface area contributed by atoms with Crippen LogP contribution in [0.2, 0.25) is 0 Å². The van der Waals surface area contributed by atoms with Gasteiger partial charge in [-0.15, -0.1) is 0 Å². The van der Waals surface area contributed by atoms with Gasteiger partial charge in [0.05, 0.1) is 0 Å². The van der Waals surface area contributed by atoms with E-state index in [0.29, 0.717) is 0 Å². The molecular weight excluding hydrogens is 158 g/mol. The van der Waals surface area contributed by atoms with Crippen LogP contribution in [0.25, 0.3) is 0 Å². The first kappa shape index (κ1) is 10.8. The van der Waals surface area contributed by atoms with E-state index in [0.717, 1.165) is 24.8 Å². The van der Waals surface area contributed by atoms with Crippen LogP contribution in [-0.2, 0) is 0 Å². The second-order valence-corrected chi connectivity index (χ2v) is 4.40. The lowest BCUT2D eigenvalue weighted by molar-refractivity contribution is 0.398. The van der Waals surface area contributed by atoms with Gasteiger partial charge in [0.25, 0.3) is 0 Å². The summed E-state index contributed by atoms with van der Waals surface area (Å²) < 4.78 is 0. The fourth-order valence-corrected chi connectivity index (χ4v) is 2.08. The molecule has 0 saturated heterocycles. The van der Waals surface area contributed by atoms with Crippen molar-refractivity contribution in [3.8, 4) is 0 Å². The van der Waals surface area contributed by atoms with E-state index in [1.807, 2.05) is 0 Å². The molecular formula is C12H23N. The molecule has 1 aliphatic rings. The molecule has 0 amide bonds. The Morgan fingerprint density at radius 1 is 1.46 bits per heavy atom. The zero-order chi connectivity index (χ0) is 9.68. The fourth-order valence-electron chi connectivity index (χ4n) is 2.08. The van der Waals surface area contributed by atoms with E-state index in [1.165, 1.54) is 31.4 Å². The molecule has 0 aliphatic heterocycles. The molecule has 0 radical (unpaired) electrons. The van der Waals surface area contributed by atoms with Crippen molar-refractivity contribution in [2.24, 2.45) is 11.8 Å². The third-order valence-electron chi connectivity index (χ3n) is 3.32. The van der Waals surface area contributed by atoms with Gasteiger partial charge in [0, 0.05) is 6.54 Å². The highest BCUT2D eigenvalue weighted by Crippen LogP contribution is 2.30. The molecule has 2 atom stereocenters. The third kappa shape index (κ3) is 3.51. The molecule has 0 aromatic heterocycles. The van der Waals surface area contributed by atoms with Gasteiger partial charge in [-0.25, -0.2) is 0 Å². The Balaban J connectivity index is 2.08. The van der Waals surface area contributed by atoms with Crippen molar-refractivity contribution < 1.29 is 0 Å². The van der Waals surface area contributed by atoms with Gasteiger partial charge in [0.15, 0.2) is 0 Å². The number of hydrogen-bond donors (Lipinski definition) is 1. The summed E-state index contributed by atoms with van der Waals surface area (Å²) in [6, 6.07) is 0. The van der Waals surface area contributed by atoms with Crippen LogP contribution in [0.15, 0.2) is 12.2 Å². The highest BCUT2D eigenvalue weighted by Gasteiger charge is 2.22. The molecule has 1 heteroatoms. The number of nitrogens with one attached hydrogen (secondary N) is 1. The summed E-state index contributed by atoms with van der Waals surface area (Å²) in [6.45, 7) is 10.8. The summed E-state index contributed by atoms with van der Waals surface area (Å²) in [5.74, 6) is 1.85. The first-order chi connectivity index (χ1) is 6.24. The first-order valence-electron chi connectivity index (χ1n) is 5.61. The van der Waals surface area contributed by atoms with E-state index in [1.54, 1.807) is 0 Å². The molecule has 1 rings (SSSR count). The van der Waals surface area contributed by atoms with E-state index >= 15 is 0 Å². The summed E-state index contributed by atoms with van der Waals surface area (Å²) in [6.07, 6.45) is 5.39. The van der Waals surface area contributed by atoms with E-state index in [4.69, 9.17) is 0 Å². The zero-order valence-corrected chi connectivity index (χ0v) is 9.10. The maximum absolute atomic E-state index is 3.99. The van der Waals surface area contributed by atoms with Gasteiger partial charge in [-0.1, -0.05) is 38.8 Å². The molecule has 0 aromatic rings. The van der Waals surface area contributed by atoms with Crippen LogP contribution in [0.3, 0.4) is 0 Å². The van der Waals surface area contributed by atoms with Crippen molar-refractivity contribution in [3.63, 3.8) is 0 Å².